The maximum Gasteiger partial charge on any atom is 0.323 e. The van der Waals surface area contributed by atoms with Gasteiger partial charge in [-0.3, -0.25) is 14.5 Å². The number of aromatic nitrogens is 1. The third-order valence-electron chi connectivity index (χ3n) is 9.42. The third-order valence-corrected chi connectivity index (χ3v) is 10.0. The average Bonchev–Trinajstić information content (AvgIpc) is 3.17. The number of fused-ring (bicyclic) bond motifs is 1. The Labute approximate surface area is 341 Å². The van der Waals surface area contributed by atoms with Crippen molar-refractivity contribution < 1.29 is 37.0 Å². The number of nitrogens with one attached hydrogen (secondary N) is 3. The van der Waals surface area contributed by atoms with E-state index in [4.69, 9.17) is 18.9 Å². The summed E-state index contributed by atoms with van der Waals surface area (Å²) in [6, 6.07) is 23.3. The predicted octanol–water partition coefficient (Wildman–Crippen LogP) is 8.49. The molecule has 13 nitrogen and oxygen atoms in total. The molecule has 0 aliphatic rings. The monoisotopic (exact) mass is 811 g/mol. The third kappa shape index (κ3) is 11.7. The molecule has 0 saturated heterocycles. The molecule has 1 aromatic heterocycles. The largest absolute Gasteiger partial charge is 0.496 e. The van der Waals surface area contributed by atoms with Gasteiger partial charge in [-0.15, -0.1) is 0 Å². The van der Waals surface area contributed by atoms with E-state index in [9.17, 15) is 18.0 Å². The highest BCUT2D eigenvalue weighted by Crippen LogP contribution is 2.40. The van der Waals surface area contributed by atoms with Crippen LogP contribution in [0.3, 0.4) is 0 Å². The fraction of sp³-hybridized carbons (Fsp3) is 0.341. The molecule has 0 spiro atoms. The van der Waals surface area contributed by atoms with E-state index in [0.717, 1.165) is 53.4 Å². The Morgan fingerprint density at radius 2 is 1.53 bits per heavy atom. The number of carbonyl (C=O) groups is 2. The van der Waals surface area contributed by atoms with Gasteiger partial charge in [0.2, 0.25) is 10.0 Å². The van der Waals surface area contributed by atoms with Gasteiger partial charge in [0.25, 0.3) is 0 Å². The van der Waals surface area contributed by atoms with Gasteiger partial charge in [0.15, 0.2) is 11.5 Å². The number of likely N-dealkylation sites (N-methyl/N-ethyl adjacent to an activating group) is 1. The van der Waals surface area contributed by atoms with Crippen LogP contribution < -0.4 is 29.6 Å². The summed E-state index contributed by atoms with van der Waals surface area (Å²) < 4.78 is 49.6. The van der Waals surface area contributed by atoms with Crippen molar-refractivity contribution in [1.29, 1.82) is 0 Å². The van der Waals surface area contributed by atoms with E-state index in [2.05, 4.69) is 25.2 Å². The lowest BCUT2D eigenvalue weighted by molar-refractivity contribution is 0.0970. The van der Waals surface area contributed by atoms with Crippen molar-refractivity contribution >= 4 is 49.7 Å². The first-order chi connectivity index (χ1) is 27.6. The number of benzene rings is 4. The van der Waals surface area contributed by atoms with Gasteiger partial charge in [0.1, 0.15) is 17.2 Å². The Morgan fingerprint density at radius 3 is 2.22 bits per heavy atom. The van der Waals surface area contributed by atoms with Crippen LogP contribution >= 0.6 is 0 Å². The number of anilines is 3. The molecule has 58 heavy (non-hydrogen) atoms. The van der Waals surface area contributed by atoms with Crippen LogP contribution in [0.4, 0.5) is 21.9 Å². The molecule has 5 aromatic rings. The van der Waals surface area contributed by atoms with Crippen molar-refractivity contribution in [3.05, 3.63) is 107 Å². The van der Waals surface area contributed by atoms with Gasteiger partial charge in [-0.1, -0.05) is 51.1 Å². The lowest BCUT2D eigenvalue weighted by Gasteiger charge is -2.24. The summed E-state index contributed by atoms with van der Waals surface area (Å²) in [5.74, 6) is 1.89. The zero-order valence-electron chi connectivity index (χ0n) is 34.4. The molecule has 3 N–H and O–H groups in total. The summed E-state index contributed by atoms with van der Waals surface area (Å²) in [7, 11) is 3.03. The Balaban J connectivity index is 1.30. The van der Waals surface area contributed by atoms with Crippen LogP contribution in [-0.2, 0) is 26.6 Å². The normalized spacial score (nSPS) is 11.7. The first-order valence-corrected chi connectivity index (χ1v) is 20.8. The zero-order valence-corrected chi connectivity index (χ0v) is 35.2. The summed E-state index contributed by atoms with van der Waals surface area (Å²) in [6.07, 6.45) is 4.38. The smallest absolute Gasteiger partial charge is 0.323 e. The molecular weight excluding hydrogens is 759 g/mol. The predicted molar refractivity (Wildman–Crippen MR) is 230 cm³/mol. The van der Waals surface area contributed by atoms with Gasteiger partial charge in [0.05, 0.1) is 49.7 Å². The first kappa shape index (κ1) is 43.4. The number of sulfonamides is 1. The maximum absolute atomic E-state index is 13.5. The first-order valence-electron chi connectivity index (χ1n) is 18.9. The number of carbonyl (C=O) groups excluding carboxylic acids is 2. The number of rotatable bonds is 18. The lowest BCUT2D eigenvalue weighted by atomic mass is 9.86. The van der Waals surface area contributed by atoms with Crippen molar-refractivity contribution in [2.45, 2.75) is 45.4 Å². The zero-order chi connectivity index (χ0) is 42.0. The van der Waals surface area contributed by atoms with Gasteiger partial charge in [-0.25, -0.2) is 13.2 Å². The molecule has 308 valence electrons. The molecular formula is C44H53N5O8S. The number of hydrogen-bond acceptors (Lipinski definition) is 10. The van der Waals surface area contributed by atoms with Crippen LogP contribution in [0.2, 0.25) is 0 Å². The average molecular weight is 812 g/mol. The summed E-state index contributed by atoms with van der Waals surface area (Å²) in [5, 5.41) is 7.28. The highest BCUT2D eigenvalue weighted by atomic mass is 32.2. The van der Waals surface area contributed by atoms with Gasteiger partial charge < -0.3 is 34.5 Å². The molecule has 0 saturated carbocycles. The highest BCUT2D eigenvalue weighted by Gasteiger charge is 2.23. The molecule has 0 fully saturated rings. The summed E-state index contributed by atoms with van der Waals surface area (Å²) in [5.41, 5.74) is 3.72. The van der Waals surface area contributed by atoms with Crippen molar-refractivity contribution in [3.8, 4) is 23.0 Å². The molecule has 0 unspecified atom stereocenters. The minimum atomic E-state index is -3.64. The topological polar surface area (TPSA) is 157 Å². The lowest BCUT2D eigenvalue weighted by Crippen LogP contribution is -2.24. The van der Waals surface area contributed by atoms with E-state index >= 15 is 0 Å². The van der Waals surface area contributed by atoms with E-state index in [1.807, 2.05) is 76.3 Å². The molecule has 1 heterocycles. The molecule has 2 amide bonds. The van der Waals surface area contributed by atoms with E-state index in [0.29, 0.717) is 53.6 Å². The molecule has 4 aromatic carbocycles. The van der Waals surface area contributed by atoms with Gasteiger partial charge >= 0.3 is 6.03 Å². The standard InChI is InChI=1S/C44H53N5O8S/c1-44(2,3)30-26-37(42(56-7)38(27-30)48-58(8,52)53)47-43(51)46-36-17-18-40(34-13-10-9-12-33(34)36)57-32-19-20-45-31(28-32)24-29-15-16-35(41(25-29)55-6)39(50)14-11-21-49(4)22-23-54-5/h9-10,12-13,15-20,25-28,48H,11,14,21-24H2,1-8H3,(H2,46,47,51). The molecule has 0 aliphatic heterocycles. The number of nitrogens with zero attached hydrogens (tertiary/aromatic N) is 2. The van der Waals surface area contributed by atoms with Crippen LogP contribution in [0.15, 0.2) is 85.1 Å². The number of ketones is 1. The fourth-order valence-electron chi connectivity index (χ4n) is 6.43. The number of hydrogen-bond donors (Lipinski definition) is 3. The molecule has 5 rings (SSSR count). The number of pyridine rings is 1. The minimum Gasteiger partial charge on any atom is -0.496 e. The molecule has 0 aliphatic carbocycles. The molecule has 14 heteroatoms. The molecule has 0 atom stereocenters. The highest BCUT2D eigenvalue weighted by molar-refractivity contribution is 7.92. The summed E-state index contributed by atoms with van der Waals surface area (Å²) in [4.78, 5) is 33.3. The van der Waals surface area contributed by atoms with Crippen molar-refractivity contribution in [2.75, 3.05) is 69.7 Å². The molecule has 0 bridgehead atoms. The SMILES string of the molecule is COCCN(C)CCCC(=O)c1ccc(Cc2cc(Oc3ccc(NC(=O)Nc4cc(C(C)(C)C)cc(NS(C)(=O)=O)c4OC)c4ccccc34)ccn2)cc1OC. The van der Waals surface area contributed by atoms with Crippen LogP contribution in [-0.4, -0.2) is 84.4 Å². The summed E-state index contributed by atoms with van der Waals surface area (Å²) >= 11 is 0. The minimum absolute atomic E-state index is 0.0373. The van der Waals surface area contributed by atoms with Gasteiger partial charge in [-0.05, 0) is 79.0 Å². The van der Waals surface area contributed by atoms with Crippen LogP contribution in [0, 0.1) is 0 Å². The molecule has 0 radical (unpaired) electrons. The Hall–Kier alpha value is -5.70. The van der Waals surface area contributed by atoms with Gasteiger partial charge in [0, 0.05) is 55.2 Å². The second-order valence-corrected chi connectivity index (χ2v) is 16.8. The van der Waals surface area contributed by atoms with E-state index in [1.165, 1.54) is 7.11 Å². The Bertz CT molecular complexity index is 2360. The van der Waals surface area contributed by atoms with Crippen molar-refractivity contribution in [1.82, 2.24) is 9.88 Å². The van der Waals surface area contributed by atoms with Gasteiger partial charge in [-0.2, -0.15) is 0 Å². The van der Waals surface area contributed by atoms with Crippen LogP contribution in [0.5, 0.6) is 23.0 Å². The Morgan fingerprint density at radius 1 is 0.810 bits per heavy atom. The second-order valence-electron chi connectivity index (χ2n) is 15.1. The fourth-order valence-corrected chi connectivity index (χ4v) is 6.98. The van der Waals surface area contributed by atoms with E-state index in [1.54, 1.807) is 50.7 Å². The maximum atomic E-state index is 13.5. The number of Topliss-reactive ketones (excluding diaryl/α,β-unsaturated/α-hetero) is 1. The van der Waals surface area contributed by atoms with E-state index < -0.39 is 16.1 Å². The number of ether oxygens (including phenoxy) is 4. The van der Waals surface area contributed by atoms with Crippen molar-refractivity contribution in [2.24, 2.45) is 0 Å². The van der Waals surface area contributed by atoms with Crippen LogP contribution in [0.1, 0.15) is 60.8 Å². The van der Waals surface area contributed by atoms with E-state index in [-0.39, 0.29) is 22.6 Å². The number of amides is 2. The number of urea groups is 1. The Kier molecular flexibility index (Phi) is 14.3. The summed E-state index contributed by atoms with van der Waals surface area (Å²) in [6.45, 7) is 8.22. The van der Waals surface area contributed by atoms with Crippen LogP contribution in [0.25, 0.3) is 10.8 Å². The number of methoxy groups -OCH3 is 3. The quantitative estimate of drug-likeness (QED) is 0.0734. The van der Waals surface area contributed by atoms with Crippen molar-refractivity contribution in [3.63, 3.8) is 0 Å². The second kappa shape index (κ2) is 19.2.